The summed E-state index contributed by atoms with van der Waals surface area (Å²) in [6.07, 6.45) is 3.69. The van der Waals surface area contributed by atoms with Crippen LogP contribution >= 0.6 is 0 Å². The Morgan fingerprint density at radius 1 is 1.50 bits per heavy atom. The van der Waals surface area contributed by atoms with Crippen LogP contribution in [0.15, 0.2) is 22.8 Å². The Bertz CT molecular complexity index is 705. The van der Waals surface area contributed by atoms with Crippen molar-refractivity contribution in [2.45, 2.75) is 51.7 Å². The standard InChI is InChI=1S/C18H25N3O3/c1-12-15(13(2)20(3)19-12)11-18(23)21-8-4-6-14(21)10-16(22)17-7-5-9-24-17/h5,7,9,14,16,22H,4,6,8,10-11H2,1-3H3. The molecule has 2 aromatic heterocycles. The number of likely N-dealkylation sites (tertiary alicyclic amines) is 1. The molecule has 130 valence electrons. The zero-order chi connectivity index (χ0) is 17.3. The number of aromatic nitrogens is 2. The number of rotatable bonds is 5. The van der Waals surface area contributed by atoms with Gasteiger partial charge in [0.25, 0.3) is 0 Å². The van der Waals surface area contributed by atoms with Crippen molar-refractivity contribution in [2.75, 3.05) is 6.54 Å². The third kappa shape index (κ3) is 3.24. The van der Waals surface area contributed by atoms with Crippen LogP contribution in [0.4, 0.5) is 0 Å². The Kier molecular flexibility index (Phi) is 4.76. The van der Waals surface area contributed by atoms with Gasteiger partial charge in [0, 0.05) is 37.3 Å². The molecule has 1 aliphatic heterocycles. The van der Waals surface area contributed by atoms with Crippen LogP contribution in [0.5, 0.6) is 0 Å². The Morgan fingerprint density at radius 2 is 2.29 bits per heavy atom. The summed E-state index contributed by atoms with van der Waals surface area (Å²) in [6, 6.07) is 3.60. The molecule has 0 saturated carbocycles. The molecule has 3 heterocycles. The van der Waals surface area contributed by atoms with E-state index in [-0.39, 0.29) is 11.9 Å². The van der Waals surface area contributed by atoms with E-state index in [1.807, 2.05) is 30.5 Å². The first-order valence-corrected chi connectivity index (χ1v) is 8.47. The van der Waals surface area contributed by atoms with Crippen molar-refractivity contribution in [1.29, 1.82) is 0 Å². The number of hydrogen-bond donors (Lipinski definition) is 1. The predicted molar refractivity (Wildman–Crippen MR) is 89.4 cm³/mol. The number of hydrogen-bond acceptors (Lipinski definition) is 4. The van der Waals surface area contributed by atoms with Crippen molar-refractivity contribution >= 4 is 5.91 Å². The van der Waals surface area contributed by atoms with E-state index in [2.05, 4.69) is 5.10 Å². The number of carbonyl (C=O) groups is 1. The van der Waals surface area contributed by atoms with Gasteiger partial charge in [0.1, 0.15) is 11.9 Å². The lowest BCUT2D eigenvalue weighted by atomic mass is 10.0. The highest BCUT2D eigenvalue weighted by atomic mass is 16.4. The lowest BCUT2D eigenvalue weighted by Crippen LogP contribution is -2.37. The van der Waals surface area contributed by atoms with E-state index < -0.39 is 6.10 Å². The molecule has 0 spiro atoms. The van der Waals surface area contributed by atoms with Crippen LogP contribution in [-0.2, 0) is 18.3 Å². The lowest BCUT2D eigenvalue weighted by Gasteiger charge is -2.26. The summed E-state index contributed by atoms with van der Waals surface area (Å²) in [4.78, 5) is 14.7. The first kappa shape index (κ1) is 16.8. The second-order valence-electron chi connectivity index (χ2n) is 6.60. The number of carbonyl (C=O) groups excluding carboxylic acids is 1. The van der Waals surface area contributed by atoms with Crippen LogP contribution < -0.4 is 0 Å². The molecule has 1 N–H and O–H groups in total. The van der Waals surface area contributed by atoms with Gasteiger partial charge in [-0.3, -0.25) is 9.48 Å². The van der Waals surface area contributed by atoms with Crippen molar-refractivity contribution in [2.24, 2.45) is 7.05 Å². The molecule has 3 rings (SSSR count). The van der Waals surface area contributed by atoms with Crippen molar-refractivity contribution in [3.05, 3.63) is 41.1 Å². The normalized spacial score (nSPS) is 19.0. The first-order valence-electron chi connectivity index (χ1n) is 8.47. The van der Waals surface area contributed by atoms with E-state index in [1.165, 1.54) is 0 Å². The molecule has 0 aliphatic carbocycles. The largest absolute Gasteiger partial charge is 0.467 e. The summed E-state index contributed by atoms with van der Waals surface area (Å²) >= 11 is 0. The quantitative estimate of drug-likeness (QED) is 0.912. The number of aliphatic hydroxyl groups excluding tert-OH is 1. The molecule has 1 saturated heterocycles. The predicted octanol–water partition coefficient (Wildman–Crippen LogP) is 2.29. The van der Waals surface area contributed by atoms with E-state index in [0.717, 1.165) is 36.3 Å². The van der Waals surface area contributed by atoms with E-state index in [0.29, 0.717) is 18.6 Å². The average Bonchev–Trinajstić information content (AvgIpc) is 3.26. The van der Waals surface area contributed by atoms with Crippen LogP contribution in [0.1, 0.15) is 48.1 Å². The monoisotopic (exact) mass is 331 g/mol. The van der Waals surface area contributed by atoms with Crippen LogP contribution in [0.25, 0.3) is 0 Å². The number of furan rings is 1. The molecular formula is C18H25N3O3. The Morgan fingerprint density at radius 3 is 2.92 bits per heavy atom. The highest BCUT2D eigenvalue weighted by Gasteiger charge is 2.31. The van der Waals surface area contributed by atoms with Gasteiger partial charge in [-0.15, -0.1) is 0 Å². The number of aryl methyl sites for hydroxylation is 2. The van der Waals surface area contributed by atoms with E-state index >= 15 is 0 Å². The van der Waals surface area contributed by atoms with Gasteiger partial charge in [0.2, 0.25) is 5.91 Å². The maximum Gasteiger partial charge on any atom is 0.227 e. The summed E-state index contributed by atoms with van der Waals surface area (Å²) in [5, 5.41) is 14.7. The van der Waals surface area contributed by atoms with Gasteiger partial charge in [-0.2, -0.15) is 5.10 Å². The third-order valence-electron chi connectivity index (χ3n) is 5.05. The van der Waals surface area contributed by atoms with Crippen molar-refractivity contribution < 1.29 is 14.3 Å². The molecule has 2 atom stereocenters. The molecule has 1 amide bonds. The fraction of sp³-hybridized carbons (Fsp3) is 0.556. The summed E-state index contributed by atoms with van der Waals surface area (Å²) in [7, 11) is 1.90. The summed E-state index contributed by atoms with van der Waals surface area (Å²) in [6.45, 7) is 4.69. The van der Waals surface area contributed by atoms with Gasteiger partial charge in [-0.25, -0.2) is 0 Å². The molecule has 6 heteroatoms. The second kappa shape index (κ2) is 6.81. The molecule has 1 aliphatic rings. The van der Waals surface area contributed by atoms with Gasteiger partial charge >= 0.3 is 0 Å². The van der Waals surface area contributed by atoms with Crippen LogP contribution in [0.2, 0.25) is 0 Å². The number of amides is 1. The minimum absolute atomic E-state index is 0.0647. The van der Waals surface area contributed by atoms with E-state index in [1.54, 1.807) is 18.4 Å². The van der Waals surface area contributed by atoms with E-state index in [9.17, 15) is 9.90 Å². The Labute approximate surface area is 142 Å². The topological polar surface area (TPSA) is 71.5 Å². The first-order chi connectivity index (χ1) is 11.5. The highest BCUT2D eigenvalue weighted by Crippen LogP contribution is 2.28. The SMILES string of the molecule is Cc1nn(C)c(C)c1CC(=O)N1CCCC1CC(O)c1ccco1. The maximum absolute atomic E-state index is 12.8. The zero-order valence-electron chi connectivity index (χ0n) is 14.5. The smallest absolute Gasteiger partial charge is 0.227 e. The Balaban J connectivity index is 1.67. The van der Waals surface area contributed by atoms with E-state index in [4.69, 9.17) is 4.42 Å². The molecule has 0 aromatic carbocycles. The summed E-state index contributed by atoms with van der Waals surface area (Å²) in [5.74, 6) is 0.677. The highest BCUT2D eigenvalue weighted by molar-refractivity contribution is 5.80. The lowest BCUT2D eigenvalue weighted by molar-refractivity contribution is -0.131. The Hall–Kier alpha value is -2.08. The van der Waals surface area contributed by atoms with Gasteiger partial charge in [-0.1, -0.05) is 0 Å². The van der Waals surface area contributed by atoms with Crippen molar-refractivity contribution in [3.8, 4) is 0 Å². The molecule has 24 heavy (non-hydrogen) atoms. The van der Waals surface area contributed by atoms with Crippen molar-refractivity contribution in [3.63, 3.8) is 0 Å². The molecule has 0 bridgehead atoms. The van der Waals surface area contributed by atoms with Crippen molar-refractivity contribution in [1.82, 2.24) is 14.7 Å². The maximum atomic E-state index is 12.8. The van der Waals surface area contributed by atoms with Gasteiger partial charge < -0.3 is 14.4 Å². The van der Waals surface area contributed by atoms with Crippen LogP contribution in [0, 0.1) is 13.8 Å². The summed E-state index contributed by atoms with van der Waals surface area (Å²) in [5.41, 5.74) is 2.96. The van der Waals surface area contributed by atoms with Gasteiger partial charge in [-0.05, 0) is 38.8 Å². The minimum atomic E-state index is -0.666. The molecule has 6 nitrogen and oxygen atoms in total. The fourth-order valence-corrected chi connectivity index (χ4v) is 3.59. The minimum Gasteiger partial charge on any atom is -0.467 e. The molecule has 1 fully saturated rings. The second-order valence-corrected chi connectivity index (χ2v) is 6.60. The van der Waals surface area contributed by atoms with Crippen LogP contribution in [-0.4, -0.2) is 38.3 Å². The summed E-state index contributed by atoms with van der Waals surface area (Å²) < 4.78 is 7.09. The average molecular weight is 331 g/mol. The molecule has 2 aromatic rings. The van der Waals surface area contributed by atoms with Crippen LogP contribution in [0.3, 0.4) is 0 Å². The molecular weight excluding hydrogens is 306 g/mol. The number of nitrogens with zero attached hydrogens (tertiary/aromatic N) is 3. The molecule has 2 unspecified atom stereocenters. The van der Waals surface area contributed by atoms with Gasteiger partial charge in [0.15, 0.2) is 0 Å². The molecule has 0 radical (unpaired) electrons. The van der Waals surface area contributed by atoms with Gasteiger partial charge in [0.05, 0.1) is 18.4 Å². The number of aliphatic hydroxyl groups is 1. The fourth-order valence-electron chi connectivity index (χ4n) is 3.59. The third-order valence-corrected chi connectivity index (χ3v) is 5.05. The zero-order valence-corrected chi connectivity index (χ0v) is 14.5.